The lowest BCUT2D eigenvalue weighted by molar-refractivity contribution is -0.142. The van der Waals surface area contributed by atoms with E-state index >= 15 is 0 Å². The summed E-state index contributed by atoms with van der Waals surface area (Å²) < 4.78 is 17.1. The predicted octanol–water partition coefficient (Wildman–Crippen LogP) is 3.39. The number of aromatic hydroxyl groups is 7. The van der Waals surface area contributed by atoms with Gasteiger partial charge < -0.3 is 60.2 Å². The van der Waals surface area contributed by atoms with Crippen molar-refractivity contribution in [2.24, 2.45) is 0 Å². The van der Waals surface area contributed by atoms with Crippen LogP contribution in [0.3, 0.4) is 0 Å². The van der Waals surface area contributed by atoms with Gasteiger partial charge in [0, 0.05) is 40.8 Å². The van der Waals surface area contributed by atoms with Crippen molar-refractivity contribution in [3.63, 3.8) is 0 Å². The van der Waals surface area contributed by atoms with Gasteiger partial charge in [-0.3, -0.25) is 4.79 Å². The molecule has 240 valence electrons. The lowest BCUT2D eigenvalue weighted by Gasteiger charge is -2.42. The normalized spacial score (nSPS) is 23.4. The number of aliphatic hydroxyl groups is 2. The summed E-state index contributed by atoms with van der Waals surface area (Å²) in [4.78, 5) is 12.5. The van der Waals surface area contributed by atoms with E-state index in [0.29, 0.717) is 5.56 Å². The minimum Gasteiger partial charge on any atom is -0.508 e. The Hall–Kier alpha value is -5.53. The smallest absolute Gasteiger partial charge is 0.306 e. The number of hydrogen-bond acceptors (Lipinski definition) is 13. The summed E-state index contributed by atoms with van der Waals surface area (Å²) in [6.07, 6.45) is -6.13. The fourth-order valence-electron chi connectivity index (χ4n) is 6.30. The molecule has 4 aromatic carbocycles. The number of phenolic OH excluding ortho intramolecular Hbond substituents is 7. The van der Waals surface area contributed by atoms with Crippen molar-refractivity contribution >= 4 is 5.97 Å². The van der Waals surface area contributed by atoms with Crippen LogP contribution in [-0.4, -0.2) is 71.2 Å². The number of ether oxygens (including phenoxy) is 3. The topological polar surface area (TPSA) is 227 Å². The van der Waals surface area contributed by atoms with E-state index < -0.39 is 77.4 Å². The Labute approximate surface area is 261 Å². The van der Waals surface area contributed by atoms with Gasteiger partial charge in [-0.25, -0.2) is 0 Å². The van der Waals surface area contributed by atoms with Gasteiger partial charge in [-0.1, -0.05) is 18.2 Å². The zero-order valence-corrected chi connectivity index (χ0v) is 24.1. The fraction of sp³-hybridized carbons (Fsp3) is 0.242. The summed E-state index contributed by atoms with van der Waals surface area (Å²) in [6.45, 7) is 0. The molecule has 0 saturated heterocycles. The van der Waals surface area contributed by atoms with Crippen LogP contribution in [0.4, 0.5) is 0 Å². The van der Waals surface area contributed by atoms with E-state index in [2.05, 4.69) is 0 Å². The van der Waals surface area contributed by atoms with Gasteiger partial charge in [0.1, 0.15) is 52.5 Å². The van der Waals surface area contributed by atoms with Crippen LogP contribution in [-0.2, 0) is 9.53 Å². The number of hydrogen-bond donors (Lipinski definition) is 9. The highest BCUT2D eigenvalue weighted by atomic mass is 16.5. The molecule has 0 spiro atoms. The van der Waals surface area contributed by atoms with Gasteiger partial charge >= 0.3 is 5.97 Å². The molecule has 0 amide bonds. The van der Waals surface area contributed by atoms with Crippen molar-refractivity contribution in [1.82, 2.24) is 0 Å². The number of phenols is 7. The van der Waals surface area contributed by atoms with E-state index in [1.165, 1.54) is 36.4 Å². The van der Waals surface area contributed by atoms with Gasteiger partial charge in [0.25, 0.3) is 0 Å². The quantitative estimate of drug-likeness (QED) is 0.113. The van der Waals surface area contributed by atoms with Crippen LogP contribution in [0.1, 0.15) is 58.3 Å². The van der Waals surface area contributed by atoms with E-state index in [1.807, 2.05) is 0 Å². The molecule has 46 heavy (non-hydrogen) atoms. The van der Waals surface area contributed by atoms with Crippen molar-refractivity contribution < 1.29 is 65.0 Å². The first-order valence-electron chi connectivity index (χ1n) is 14.1. The van der Waals surface area contributed by atoms with Crippen molar-refractivity contribution in [1.29, 1.82) is 0 Å². The number of methoxy groups -OCH3 is 1. The summed E-state index contributed by atoms with van der Waals surface area (Å²) in [6, 6.07) is 12.6. The Balaban J connectivity index is 1.61. The molecule has 6 rings (SSSR count). The van der Waals surface area contributed by atoms with E-state index in [1.54, 1.807) is 0 Å². The van der Waals surface area contributed by atoms with Gasteiger partial charge in [0.2, 0.25) is 0 Å². The third kappa shape index (κ3) is 5.04. The number of carbonyl (C=O) groups is 1. The standard InChI is InChI=1S/C33H30O13/c1-44-24(41)11-17-25-21(39)12-22(40)27(33(25)46-32(29(17)42)14-4-7-18(36)19(37)8-14)28-26-20(38)9-16(35)10-23(26)45-31(30(28)43)13-2-5-15(34)6-3-13/h2-10,12,17,28-32,34-40,42-43H,11H2,1H3. The van der Waals surface area contributed by atoms with E-state index in [4.69, 9.17) is 14.2 Å². The molecule has 13 heteroatoms. The fourth-order valence-corrected chi connectivity index (χ4v) is 6.30. The van der Waals surface area contributed by atoms with Gasteiger partial charge in [-0.15, -0.1) is 0 Å². The summed E-state index contributed by atoms with van der Waals surface area (Å²) in [5.41, 5.74) is 0.212. The van der Waals surface area contributed by atoms with Crippen LogP contribution in [0.5, 0.6) is 51.7 Å². The second-order valence-corrected chi connectivity index (χ2v) is 11.2. The SMILES string of the molecule is COC(=O)CC1c2c(O)cc(O)c(C3c4c(O)cc(O)cc4OC(c4ccc(O)cc4)C3O)c2OC(c2ccc(O)c(O)c2)C1O. The minimum atomic E-state index is -1.59. The zero-order valence-electron chi connectivity index (χ0n) is 24.1. The van der Waals surface area contributed by atoms with Gasteiger partial charge in [0.05, 0.1) is 19.4 Å². The Morgan fingerprint density at radius 1 is 0.652 bits per heavy atom. The number of benzene rings is 4. The van der Waals surface area contributed by atoms with Gasteiger partial charge in [-0.05, 0) is 35.4 Å². The molecule has 4 aromatic rings. The van der Waals surface area contributed by atoms with Crippen LogP contribution < -0.4 is 9.47 Å². The molecule has 6 atom stereocenters. The van der Waals surface area contributed by atoms with Crippen molar-refractivity contribution in [3.8, 4) is 51.7 Å². The number of fused-ring (bicyclic) bond motifs is 2. The molecule has 13 nitrogen and oxygen atoms in total. The Morgan fingerprint density at radius 2 is 1.28 bits per heavy atom. The molecular weight excluding hydrogens is 604 g/mol. The first-order valence-corrected chi connectivity index (χ1v) is 14.1. The maximum absolute atomic E-state index is 12.5. The first-order chi connectivity index (χ1) is 21.9. The summed E-state index contributed by atoms with van der Waals surface area (Å²) >= 11 is 0. The van der Waals surface area contributed by atoms with E-state index in [9.17, 15) is 50.8 Å². The van der Waals surface area contributed by atoms with Crippen molar-refractivity contribution in [2.45, 2.75) is 42.7 Å². The summed E-state index contributed by atoms with van der Waals surface area (Å²) in [5, 5.41) is 97.2. The first kappa shape index (κ1) is 30.5. The van der Waals surface area contributed by atoms with Crippen LogP contribution in [0, 0.1) is 0 Å². The molecule has 2 aliphatic rings. The van der Waals surface area contributed by atoms with Crippen molar-refractivity contribution in [2.75, 3.05) is 7.11 Å². The maximum Gasteiger partial charge on any atom is 0.306 e. The Bertz CT molecular complexity index is 1820. The second-order valence-electron chi connectivity index (χ2n) is 11.2. The lowest BCUT2D eigenvalue weighted by Crippen LogP contribution is -2.38. The molecule has 0 aromatic heterocycles. The number of aliphatic hydroxyl groups excluding tert-OH is 2. The highest BCUT2D eigenvalue weighted by Crippen LogP contribution is 2.59. The largest absolute Gasteiger partial charge is 0.508 e. The highest BCUT2D eigenvalue weighted by Gasteiger charge is 2.48. The molecule has 0 aliphatic carbocycles. The minimum absolute atomic E-state index is 0.0541. The molecule has 0 saturated carbocycles. The van der Waals surface area contributed by atoms with Crippen LogP contribution in [0.15, 0.2) is 60.7 Å². The second kappa shape index (κ2) is 11.4. The van der Waals surface area contributed by atoms with E-state index in [-0.39, 0.29) is 45.3 Å². The van der Waals surface area contributed by atoms with Crippen molar-refractivity contribution in [3.05, 3.63) is 88.5 Å². The Morgan fingerprint density at radius 3 is 1.96 bits per heavy atom. The average Bonchev–Trinajstić information content (AvgIpc) is 3.00. The molecule has 0 bridgehead atoms. The third-order valence-electron chi connectivity index (χ3n) is 8.45. The highest BCUT2D eigenvalue weighted by molar-refractivity contribution is 5.73. The molecular formula is C33H30O13. The molecule has 6 unspecified atom stereocenters. The number of carbonyl (C=O) groups excluding carboxylic acids is 1. The summed E-state index contributed by atoms with van der Waals surface area (Å²) in [5.74, 6) is -6.70. The average molecular weight is 635 g/mol. The third-order valence-corrected chi connectivity index (χ3v) is 8.45. The molecule has 0 fully saturated rings. The number of rotatable bonds is 5. The van der Waals surface area contributed by atoms with Crippen LogP contribution >= 0.6 is 0 Å². The van der Waals surface area contributed by atoms with Crippen LogP contribution in [0.2, 0.25) is 0 Å². The monoisotopic (exact) mass is 634 g/mol. The zero-order chi connectivity index (χ0) is 33.0. The predicted molar refractivity (Wildman–Crippen MR) is 157 cm³/mol. The van der Waals surface area contributed by atoms with E-state index in [0.717, 1.165) is 31.4 Å². The molecule has 9 N–H and O–H groups in total. The lowest BCUT2D eigenvalue weighted by atomic mass is 9.75. The number of esters is 1. The van der Waals surface area contributed by atoms with Gasteiger partial charge in [-0.2, -0.15) is 0 Å². The summed E-state index contributed by atoms with van der Waals surface area (Å²) in [7, 11) is 1.14. The van der Waals surface area contributed by atoms with Crippen LogP contribution in [0.25, 0.3) is 0 Å². The maximum atomic E-state index is 12.5. The molecule has 0 radical (unpaired) electrons. The van der Waals surface area contributed by atoms with Gasteiger partial charge in [0.15, 0.2) is 23.7 Å². The molecule has 2 heterocycles. The Kier molecular flexibility index (Phi) is 7.58. The molecule has 2 aliphatic heterocycles.